The fourth-order valence-electron chi connectivity index (χ4n) is 9.66. The number of hydrogen-bond acceptors (Lipinski definition) is 7. The highest BCUT2D eigenvalue weighted by molar-refractivity contribution is 6.01. The number of ether oxygens (including phenoxy) is 3. The van der Waals surface area contributed by atoms with Crippen molar-refractivity contribution in [1.29, 1.82) is 0 Å². The van der Waals surface area contributed by atoms with Gasteiger partial charge in [-0.05, 0) is 48.6 Å². The van der Waals surface area contributed by atoms with E-state index in [4.69, 9.17) is 14.2 Å². The number of nitrogens with one attached hydrogen (secondary N) is 3. The third kappa shape index (κ3) is 7.44. The van der Waals surface area contributed by atoms with Crippen molar-refractivity contribution >= 4 is 62.3 Å². The maximum atomic E-state index is 16.9. The Morgan fingerprint density at radius 3 is 0.887 bits per heavy atom. The van der Waals surface area contributed by atoms with E-state index in [0.717, 1.165) is 39.0 Å². The van der Waals surface area contributed by atoms with Crippen LogP contribution in [0.15, 0.2) is 36.4 Å². The molecule has 7 aromatic rings. The van der Waals surface area contributed by atoms with Gasteiger partial charge in [-0.25, -0.2) is 57.7 Å². The van der Waals surface area contributed by atoms with Crippen LogP contribution in [0.1, 0.15) is 11.4 Å². The molecule has 71 heavy (non-hydrogen) atoms. The highest BCUT2D eigenvalue weighted by atomic mass is 19.2. The van der Waals surface area contributed by atoms with Gasteiger partial charge in [0.15, 0.2) is 69.8 Å². The molecule has 3 aromatic carbocycles. The summed E-state index contributed by atoms with van der Waals surface area (Å²) in [7, 11) is 0. The van der Waals surface area contributed by atoms with Gasteiger partial charge in [0, 0.05) is 83.5 Å². The SMILES string of the molecule is Fc1c(F)c(N2CCOCC2)c(F)c(F)c1-c1c2nc(c3ccc([nH]3)c(-c3c(F)c(F)c(N4CCOCC4)c(F)c3F)c3ccc([nH]3)c(-c3c(F)c(F)c(N4CCOCC4)c(F)c3F)c3ccc1[nH]3)C=C2. The first kappa shape index (κ1) is 46.2. The molecule has 8 bridgehead atoms. The highest BCUT2D eigenvalue weighted by Crippen LogP contribution is 2.45. The van der Waals surface area contributed by atoms with Crippen molar-refractivity contribution in [2.75, 3.05) is 93.6 Å². The number of fused-ring (bicyclic) bond motifs is 9. The molecule has 0 aliphatic carbocycles. The van der Waals surface area contributed by atoms with E-state index in [-0.39, 0.29) is 112 Å². The first-order valence-corrected chi connectivity index (χ1v) is 22.2. The lowest BCUT2D eigenvalue weighted by molar-refractivity contribution is 0.122. The summed E-state index contributed by atoms with van der Waals surface area (Å²) in [5, 5.41) is 0. The maximum absolute atomic E-state index is 16.9. The summed E-state index contributed by atoms with van der Waals surface area (Å²) in [4.78, 5) is 16.1. The molecule has 0 saturated carbocycles. The Labute approximate surface area is 393 Å². The van der Waals surface area contributed by atoms with Crippen LogP contribution in [0.5, 0.6) is 0 Å². The zero-order valence-electron chi connectivity index (χ0n) is 36.7. The van der Waals surface area contributed by atoms with Gasteiger partial charge in [0.1, 0.15) is 17.1 Å². The fourth-order valence-corrected chi connectivity index (χ4v) is 9.66. The number of aromatic amines is 3. The Morgan fingerprint density at radius 1 is 0.310 bits per heavy atom. The fraction of sp³-hybridized carbons (Fsp3) is 0.245. The largest absolute Gasteiger partial charge is 0.378 e. The van der Waals surface area contributed by atoms with Crippen LogP contribution in [0.2, 0.25) is 0 Å². The molecule has 0 atom stereocenters. The molecule has 4 aliphatic rings. The zero-order chi connectivity index (χ0) is 49.6. The number of hydrogen-bond donors (Lipinski definition) is 3. The first-order valence-electron chi connectivity index (χ1n) is 22.2. The van der Waals surface area contributed by atoms with Gasteiger partial charge in [0.25, 0.3) is 0 Å². The summed E-state index contributed by atoms with van der Waals surface area (Å²) in [5.74, 6) is -22.0. The van der Waals surface area contributed by atoms with Crippen molar-refractivity contribution in [2.45, 2.75) is 0 Å². The van der Waals surface area contributed by atoms with Gasteiger partial charge < -0.3 is 43.9 Å². The first-order chi connectivity index (χ1) is 34.2. The number of halogens is 12. The molecule has 368 valence electrons. The van der Waals surface area contributed by atoms with Gasteiger partial charge in [0.05, 0.1) is 73.2 Å². The van der Waals surface area contributed by atoms with Crippen LogP contribution in [0.25, 0.3) is 78.6 Å². The second-order valence-electron chi connectivity index (χ2n) is 16.9. The second-order valence-corrected chi connectivity index (χ2v) is 16.9. The average Bonchev–Trinajstić information content (AvgIpc) is 4.24. The number of anilines is 3. The molecule has 3 fully saturated rings. The lowest BCUT2D eigenvalue weighted by Gasteiger charge is -2.30. The van der Waals surface area contributed by atoms with Crippen molar-refractivity contribution in [2.24, 2.45) is 0 Å². The third-order valence-corrected chi connectivity index (χ3v) is 13.0. The molecule has 0 spiro atoms. The predicted molar refractivity (Wildman–Crippen MR) is 240 cm³/mol. The lowest BCUT2D eigenvalue weighted by Crippen LogP contribution is -2.37. The molecule has 3 N–H and O–H groups in total. The molecular formula is C49H35F12N7O3. The molecule has 0 amide bonds. The number of rotatable bonds is 6. The minimum absolute atomic E-state index is 0.000584. The van der Waals surface area contributed by atoms with Gasteiger partial charge in [-0.3, -0.25) is 0 Å². The van der Waals surface area contributed by atoms with Crippen molar-refractivity contribution in [3.8, 4) is 33.4 Å². The quantitative estimate of drug-likeness (QED) is 0.113. The van der Waals surface area contributed by atoms with E-state index in [0.29, 0.717) is 0 Å². The Balaban J connectivity index is 1.26. The Kier molecular flexibility index (Phi) is 11.7. The average molecular weight is 998 g/mol. The van der Waals surface area contributed by atoms with E-state index >= 15 is 52.7 Å². The maximum Gasteiger partial charge on any atom is 0.185 e. The van der Waals surface area contributed by atoms with Crippen LogP contribution in [-0.4, -0.2) is 98.8 Å². The van der Waals surface area contributed by atoms with E-state index < -0.39 is 131 Å². The topological polar surface area (TPSA) is 97.7 Å². The van der Waals surface area contributed by atoms with Gasteiger partial charge in [-0.2, -0.15) is 0 Å². The molecule has 8 heterocycles. The number of aromatic nitrogens is 4. The van der Waals surface area contributed by atoms with Crippen molar-refractivity contribution in [3.63, 3.8) is 0 Å². The number of morpholine rings is 3. The van der Waals surface area contributed by atoms with E-state index in [2.05, 4.69) is 19.9 Å². The molecular weight excluding hydrogens is 963 g/mol. The van der Waals surface area contributed by atoms with Crippen molar-refractivity contribution in [3.05, 3.63) is 118 Å². The molecule has 0 radical (unpaired) electrons. The zero-order valence-corrected chi connectivity index (χ0v) is 36.7. The Bertz CT molecular complexity index is 3410. The van der Waals surface area contributed by atoms with E-state index in [9.17, 15) is 0 Å². The van der Waals surface area contributed by atoms with Crippen LogP contribution in [0, 0.1) is 69.8 Å². The number of H-pyrrole nitrogens is 3. The summed E-state index contributed by atoms with van der Waals surface area (Å²) >= 11 is 0. The number of benzene rings is 3. The van der Waals surface area contributed by atoms with Crippen molar-refractivity contribution in [1.82, 2.24) is 19.9 Å². The van der Waals surface area contributed by atoms with Gasteiger partial charge in [-0.1, -0.05) is 0 Å². The molecule has 0 unspecified atom stereocenters. The molecule has 4 aliphatic heterocycles. The number of nitrogens with zero attached hydrogens (tertiary/aromatic N) is 4. The van der Waals surface area contributed by atoms with E-state index in [1.54, 1.807) is 0 Å². The summed E-state index contributed by atoms with van der Waals surface area (Å²) in [6.07, 6.45) is 2.51. The third-order valence-electron chi connectivity index (χ3n) is 13.0. The minimum atomic E-state index is -1.93. The lowest BCUT2D eigenvalue weighted by atomic mass is 10.0. The van der Waals surface area contributed by atoms with E-state index in [1.165, 1.54) is 24.3 Å². The van der Waals surface area contributed by atoms with Gasteiger partial charge in [-0.15, -0.1) is 0 Å². The molecule has 4 aromatic heterocycles. The molecule has 3 saturated heterocycles. The monoisotopic (exact) mass is 997 g/mol. The highest BCUT2D eigenvalue weighted by Gasteiger charge is 2.36. The standard InChI is InChI=1S/C49H35F12N7O3/c50-35-32(36(51)42(57)47(41(35)56)66-9-15-69-16-10-66)29-23-3-1-21(62-23)22-2-4-24(63-22)30(33-37(52)43(58)48(44(59)38(33)53)67-11-17-70-18-12-67)26-6-8-28(65-26)31(27-7-5-25(29)64-27)34-39(54)45(60)49(46(61)40(34)55)68-13-19-71-20-14-68/h1-8,62,64-65H,9-20H2. The molecule has 22 heteroatoms. The normalized spacial score (nSPS) is 16.0. The molecule has 10 nitrogen and oxygen atoms in total. The van der Waals surface area contributed by atoms with Gasteiger partial charge >= 0.3 is 0 Å². The Hall–Kier alpha value is -7.17. The predicted octanol–water partition coefficient (Wildman–Crippen LogP) is 10.9. The molecule has 11 rings (SSSR count). The van der Waals surface area contributed by atoms with Crippen LogP contribution in [-0.2, 0) is 14.2 Å². The summed E-state index contributed by atoms with van der Waals surface area (Å²) < 4.78 is 214. The summed E-state index contributed by atoms with van der Waals surface area (Å²) in [5.41, 5.74) is -11.2. The van der Waals surface area contributed by atoms with E-state index in [1.807, 2.05) is 0 Å². The van der Waals surface area contributed by atoms with Gasteiger partial charge in [0.2, 0.25) is 0 Å². The summed E-state index contributed by atoms with van der Waals surface area (Å²) in [6, 6.07) is 6.93. The van der Waals surface area contributed by atoms with Crippen LogP contribution < -0.4 is 14.7 Å². The minimum Gasteiger partial charge on any atom is -0.378 e. The summed E-state index contributed by atoms with van der Waals surface area (Å²) in [6.45, 7) is -0.828. The van der Waals surface area contributed by atoms with Crippen molar-refractivity contribution < 1.29 is 66.9 Å². The Morgan fingerprint density at radius 2 is 0.563 bits per heavy atom. The van der Waals surface area contributed by atoms with Crippen LogP contribution >= 0.6 is 0 Å². The van der Waals surface area contributed by atoms with Crippen LogP contribution in [0.3, 0.4) is 0 Å². The smallest absolute Gasteiger partial charge is 0.185 e. The second kappa shape index (κ2) is 17.9. The van der Waals surface area contributed by atoms with Crippen LogP contribution in [0.4, 0.5) is 69.7 Å².